The number of rotatable bonds is 5. The molecule has 1 amide bonds. The van der Waals surface area contributed by atoms with Crippen molar-refractivity contribution in [3.05, 3.63) is 53.4 Å². The van der Waals surface area contributed by atoms with E-state index in [9.17, 15) is 4.79 Å². The predicted molar refractivity (Wildman–Crippen MR) is 110 cm³/mol. The van der Waals surface area contributed by atoms with Crippen molar-refractivity contribution < 1.29 is 23.7 Å². The van der Waals surface area contributed by atoms with Crippen LogP contribution in [0.1, 0.15) is 10.4 Å². The summed E-state index contributed by atoms with van der Waals surface area (Å²) in [6, 6.07) is 8.88. The van der Waals surface area contributed by atoms with Crippen LogP contribution in [0.5, 0.6) is 23.0 Å². The first-order chi connectivity index (χ1) is 14.1. The average Bonchev–Trinajstić information content (AvgIpc) is 3.07. The van der Waals surface area contributed by atoms with Crippen LogP contribution in [-0.4, -0.2) is 37.9 Å². The molecular formula is C21H20N2O5S. The number of ether oxygens (including phenoxy) is 4. The summed E-state index contributed by atoms with van der Waals surface area (Å²) >= 11 is 1.40. The molecule has 0 radical (unpaired) electrons. The van der Waals surface area contributed by atoms with E-state index in [0.717, 1.165) is 10.2 Å². The monoisotopic (exact) mass is 412 g/mol. The number of amides is 1. The molecule has 1 aliphatic heterocycles. The second-order valence-electron chi connectivity index (χ2n) is 6.23. The zero-order chi connectivity index (χ0) is 20.4. The molecule has 0 fully saturated rings. The van der Waals surface area contributed by atoms with Gasteiger partial charge in [-0.3, -0.25) is 4.79 Å². The van der Waals surface area contributed by atoms with Crippen LogP contribution in [-0.2, 0) is 6.54 Å². The van der Waals surface area contributed by atoms with Crippen molar-refractivity contribution in [2.45, 2.75) is 6.54 Å². The summed E-state index contributed by atoms with van der Waals surface area (Å²) in [5.41, 5.74) is 1.24. The molecule has 0 atom stereocenters. The van der Waals surface area contributed by atoms with E-state index in [-0.39, 0.29) is 0 Å². The Morgan fingerprint density at radius 1 is 1.21 bits per heavy atom. The van der Waals surface area contributed by atoms with E-state index in [1.807, 2.05) is 16.7 Å². The highest BCUT2D eigenvalue weighted by atomic mass is 32.1. The Kier molecular flexibility index (Phi) is 5.26. The third kappa shape index (κ3) is 3.58. The van der Waals surface area contributed by atoms with Crippen LogP contribution in [0.15, 0.2) is 48.0 Å². The zero-order valence-corrected chi connectivity index (χ0v) is 17.0. The van der Waals surface area contributed by atoms with Gasteiger partial charge in [0.1, 0.15) is 24.7 Å². The molecule has 0 saturated heterocycles. The zero-order valence-electron chi connectivity index (χ0n) is 16.1. The van der Waals surface area contributed by atoms with Crippen LogP contribution >= 0.6 is 11.3 Å². The molecule has 1 aromatic heterocycles. The molecule has 3 aromatic rings. The number of benzene rings is 2. The van der Waals surface area contributed by atoms with Gasteiger partial charge in [-0.05, 0) is 18.2 Å². The minimum absolute atomic E-state index is 0.334. The Morgan fingerprint density at radius 3 is 2.66 bits per heavy atom. The summed E-state index contributed by atoms with van der Waals surface area (Å²) in [6.07, 6.45) is 1.76. The average molecular weight is 412 g/mol. The van der Waals surface area contributed by atoms with E-state index in [0.29, 0.717) is 53.1 Å². The van der Waals surface area contributed by atoms with Crippen molar-refractivity contribution in [2.24, 2.45) is 4.99 Å². The number of nitrogens with zero attached hydrogens (tertiary/aromatic N) is 2. The summed E-state index contributed by atoms with van der Waals surface area (Å²) in [7, 11) is 3.06. The third-order valence-electron chi connectivity index (χ3n) is 4.49. The number of allylic oxidation sites excluding steroid dienone is 1. The molecule has 150 valence electrons. The molecule has 7 nitrogen and oxygen atoms in total. The van der Waals surface area contributed by atoms with Crippen LogP contribution in [0.2, 0.25) is 0 Å². The number of hydrogen-bond donors (Lipinski definition) is 0. The predicted octanol–water partition coefficient (Wildman–Crippen LogP) is 3.42. The maximum Gasteiger partial charge on any atom is 0.283 e. The third-order valence-corrected chi connectivity index (χ3v) is 5.53. The van der Waals surface area contributed by atoms with E-state index in [4.69, 9.17) is 18.9 Å². The SMILES string of the molecule is C=CCn1c(=NC(=O)c2cc(OC)ccc2OC)sc2cc3c(cc21)OCCO3. The molecule has 4 rings (SSSR count). The first-order valence-electron chi connectivity index (χ1n) is 8.99. The van der Waals surface area contributed by atoms with Crippen molar-refractivity contribution in [1.82, 2.24) is 4.57 Å². The van der Waals surface area contributed by atoms with Crippen molar-refractivity contribution >= 4 is 27.5 Å². The minimum atomic E-state index is -0.414. The van der Waals surface area contributed by atoms with E-state index in [1.54, 1.807) is 31.4 Å². The van der Waals surface area contributed by atoms with Gasteiger partial charge in [-0.2, -0.15) is 4.99 Å². The van der Waals surface area contributed by atoms with Gasteiger partial charge in [-0.1, -0.05) is 17.4 Å². The van der Waals surface area contributed by atoms with Crippen LogP contribution < -0.4 is 23.7 Å². The smallest absolute Gasteiger partial charge is 0.283 e. The second kappa shape index (κ2) is 8.00. The summed E-state index contributed by atoms with van der Waals surface area (Å²) in [5, 5.41) is 0. The fourth-order valence-electron chi connectivity index (χ4n) is 3.13. The second-order valence-corrected chi connectivity index (χ2v) is 7.24. The quantitative estimate of drug-likeness (QED) is 0.601. The molecule has 8 heteroatoms. The van der Waals surface area contributed by atoms with Crippen LogP contribution in [0.3, 0.4) is 0 Å². The van der Waals surface area contributed by atoms with Gasteiger partial charge in [-0.25, -0.2) is 0 Å². The molecule has 0 N–H and O–H groups in total. The number of hydrogen-bond acceptors (Lipinski definition) is 6. The van der Waals surface area contributed by atoms with E-state index >= 15 is 0 Å². The molecule has 0 unspecified atom stereocenters. The van der Waals surface area contributed by atoms with Gasteiger partial charge in [-0.15, -0.1) is 6.58 Å². The molecule has 0 bridgehead atoms. The Morgan fingerprint density at radius 2 is 1.97 bits per heavy atom. The lowest BCUT2D eigenvalue weighted by Crippen LogP contribution is -2.17. The summed E-state index contributed by atoms with van der Waals surface area (Å²) in [5.74, 6) is 1.96. The van der Waals surface area contributed by atoms with Crippen molar-refractivity contribution in [2.75, 3.05) is 27.4 Å². The Labute approximate surface area is 171 Å². The molecule has 0 aliphatic carbocycles. The number of fused-ring (bicyclic) bond motifs is 2. The number of methoxy groups -OCH3 is 2. The summed E-state index contributed by atoms with van der Waals surface area (Å²) in [4.78, 5) is 17.9. The standard InChI is InChI=1S/C21H20N2O5S/c1-4-7-23-15-11-17-18(28-9-8-27-17)12-19(15)29-21(23)22-20(24)14-10-13(25-2)5-6-16(14)26-3/h4-6,10-12H,1,7-9H2,2-3H3. The fourth-order valence-corrected chi connectivity index (χ4v) is 4.17. The van der Waals surface area contributed by atoms with Gasteiger partial charge >= 0.3 is 0 Å². The molecule has 2 aromatic carbocycles. The maximum atomic E-state index is 13.0. The van der Waals surface area contributed by atoms with Gasteiger partial charge in [0, 0.05) is 18.7 Å². The highest BCUT2D eigenvalue weighted by molar-refractivity contribution is 7.16. The maximum absolute atomic E-state index is 13.0. The van der Waals surface area contributed by atoms with E-state index in [2.05, 4.69) is 11.6 Å². The number of thiazole rings is 1. The topological polar surface area (TPSA) is 71.3 Å². The van der Waals surface area contributed by atoms with Gasteiger partial charge < -0.3 is 23.5 Å². The van der Waals surface area contributed by atoms with Gasteiger partial charge in [0.25, 0.3) is 5.91 Å². The number of carbonyl (C=O) groups is 1. The van der Waals surface area contributed by atoms with Crippen molar-refractivity contribution in [1.29, 1.82) is 0 Å². The molecule has 1 aliphatic rings. The lowest BCUT2D eigenvalue weighted by Gasteiger charge is -2.18. The van der Waals surface area contributed by atoms with Gasteiger partial charge in [0.05, 0.1) is 30.0 Å². The van der Waals surface area contributed by atoms with E-state index in [1.165, 1.54) is 18.4 Å². The first-order valence-corrected chi connectivity index (χ1v) is 9.81. The molecule has 0 saturated carbocycles. The molecule has 0 spiro atoms. The molecular weight excluding hydrogens is 392 g/mol. The van der Waals surface area contributed by atoms with Crippen LogP contribution in [0.25, 0.3) is 10.2 Å². The molecule has 29 heavy (non-hydrogen) atoms. The highest BCUT2D eigenvalue weighted by Gasteiger charge is 2.18. The number of carbonyl (C=O) groups excluding carboxylic acids is 1. The number of aromatic nitrogens is 1. The van der Waals surface area contributed by atoms with E-state index < -0.39 is 5.91 Å². The van der Waals surface area contributed by atoms with Gasteiger partial charge in [0.2, 0.25) is 0 Å². The minimum Gasteiger partial charge on any atom is -0.497 e. The van der Waals surface area contributed by atoms with Crippen LogP contribution in [0.4, 0.5) is 0 Å². The lowest BCUT2D eigenvalue weighted by molar-refractivity contribution is 0.0994. The first kappa shape index (κ1) is 19.1. The highest BCUT2D eigenvalue weighted by Crippen LogP contribution is 2.35. The Bertz CT molecular complexity index is 1160. The Balaban J connectivity index is 1.86. The normalized spacial score (nSPS) is 13.4. The largest absolute Gasteiger partial charge is 0.497 e. The van der Waals surface area contributed by atoms with Crippen molar-refractivity contribution in [3.8, 4) is 23.0 Å². The molecule has 2 heterocycles. The fraction of sp³-hybridized carbons (Fsp3) is 0.238. The van der Waals surface area contributed by atoms with Gasteiger partial charge in [0.15, 0.2) is 16.3 Å². The summed E-state index contributed by atoms with van der Waals surface area (Å²) in [6.45, 7) is 5.35. The van der Waals surface area contributed by atoms with Crippen molar-refractivity contribution in [3.63, 3.8) is 0 Å². The summed E-state index contributed by atoms with van der Waals surface area (Å²) < 4.78 is 24.8. The lowest BCUT2D eigenvalue weighted by atomic mass is 10.2. The van der Waals surface area contributed by atoms with Crippen LogP contribution in [0, 0.1) is 0 Å². The Hall–Kier alpha value is -3.26.